The highest BCUT2D eigenvalue weighted by Crippen LogP contribution is 2.27. The fourth-order valence-electron chi connectivity index (χ4n) is 3.72. The summed E-state index contributed by atoms with van der Waals surface area (Å²) in [5.41, 5.74) is 0. The van der Waals surface area contributed by atoms with Crippen LogP contribution in [0.4, 0.5) is 4.79 Å². The minimum Gasteiger partial charge on any atom is -0.393 e. The van der Waals surface area contributed by atoms with Crippen molar-refractivity contribution in [1.29, 1.82) is 0 Å². The van der Waals surface area contributed by atoms with E-state index in [9.17, 15) is 9.90 Å². The molecule has 0 radical (unpaired) electrons. The Morgan fingerprint density at radius 1 is 1.20 bits per heavy atom. The standard InChI is InChI=1S/C16H30N2O2/c1-12(13-7-4-3-5-8-13)17-16(20)18(2)11-14-9-6-10-15(14)19/h12-15,19H,3-11H2,1-2H3,(H,17,20). The lowest BCUT2D eigenvalue weighted by Gasteiger charge is -2.31. The third kappa shape index (κ3) is 4.11. The van der Waals surface area contributed by atoms with E-state index in [0.29, 0.717) is 12.5 Å². The normalized spacial score (nSPS) is 29.1. The maximum absolute atomic E-state index is 12.2. The summed E-state index contributed by atoms with van der Waals surface area (Å²) in [6, 6.07) is 0.279. The molecule has 2 aliphatic rings. The van der Waals surface area contributed by atoms with Gasteiger partial charge in [-0.3, -0.25) is 0 Å². The highest BCUT2D eigenvalue weighted by molar-refractivity contribution is 5.74. The summed E-state index contributed by atoms with van der Waals surface area (Å²) in [6.07, 6.45) is 9.22. The van der Waals surface area contributed by atoms with Gasteiger partial charge >= 0.3 is 6.03 Å². The Balaban J connectivity index is 1.75. The molecule has 2 N–H and O–H groups in total. The van der Waals surface area contributed by atoms with E-state index in [1.165, 1.54) is 32.1 Å². The second-order valence-electron chi connectivity index (χ2n) is 6.78. The van der Waals surface area contributed by atoms with Gasteiger partial charge in [0.1, 0.15) is 0 Å². The molecule has 116 valence electrons. The molecule has 0 bridgehead atoms. The van der Waals surface area contributed by atoms with E-state index in [0.717, 1.165) is 19.3 Å². The minimum atomic E-state index is -0.221. The van der Waals surface area contributed by atoms with Crippen molar-refractivity contribution >= 4 is 6.03 Å². The summed E-state index contributed by atoms with van der Waals surface area (Å²) in [4.78, 5) is 14.0. The van der Waals surface area contributed by atoms with Crippen molar-refractivity contribution in [3.05, 3.63) is 0 Å². The SMILES string of the molecule is CC(NC(=O)N(C)CC1CCCC1O)C1CCCCC1. The van der Waals surface area contributed by atoms with Crippen molar-refractivity contribution in [2.24, 2.45) is 11.8 Å². The monoisotopic (exact) mass is 282 g/mol. The molecule has 2 amide bonds. The summed E-state index contributed by atoms with van der Waals surface area (Å²) >= 11 is 0. The first-order valence-electron chi connectivity index (χ1n) is 8.27. The molecular weight excluding hydrogens is 252 g/mol. The molecule has 2 fully saturated rings. The van der Waals surface area contributed by atoms with E-state index in [2.05, 4.69) is 12.2 Å². The number of nitrogens with one attached hydrogen (secondary N) is 1. The molecular formula is C16H30N2O2. The molecule has 2 aliphatic carbocycles. The van der Waals surface area contributed by atoms with Crippen molar-refractivity contribution in [3.63, 3.8) is 0 Å². The molecule has 0 aromatic heterocycles. The number of rotatable bonds is 4. The van der Waals surface area contributed by atoms with E-state index in [-0.39, 0.29) is 24.1 Å². The maximum Gasteiger partial charge on any atom is 0.317 e. The van der Waals surface area contributed by atoms with E-state index in [4.69, 9.17) is 0 Å². The molecule has 2 saturated carbocycles. The number of carbonyl (C=O) groups is 1. The topological polar surface area (TPSA) is 52.6 Å². The van der Waals surface area contributed by atoms with Crippen LogP contribution in [0.15, 0.2) is 0 Å². The van der Waals surface area contributed by atoms with Gasteiger partial charge in [0, 0.05) is 25.6 Å². The summed E-state index contributed by atoms with van der Waals surface area (Å²) in [5.74, 6) is 0.897. The zero-order valence-corrected chi connectivity index (χ0v) is 13.0. The first kappa shape index (κ1) is 15.6. The minimum absolute atomic E-state index is 0.0159. The van der Waals surface area contributed by atoms with Crippen LogP contribution < -0.4 is 5.32 Å². The summed E-state index contributed by atoms with van der Waals surface area (Å²) < 4.78 is 0. The Labute approximate surface area is 122 Å². The van der Waals surface area contributed by atoms with Crippen molar-refractivity contribution in [2.45, 2.75) is 70.4 Å². The third-order valence-corrected chi connectivity index (χ3v) is 5.18. The molecule has 0 spiro atoms. The molecule has 3 atom stereocenters. The van der Waals surface area contributed by atoms with Crippen molar-refractivity contribution in [1.82, 2.24) is 10.2 Å². The lowest BCUT2D eigenvalue weighted by Crippen LogP contribution is -2.47. The molecule has 4 nitrogen and oxygen atoms in total. The Bertz CT molecular complexity index is 316. The van der Waals surface area contributed by atoms with Crippen LogP contribution in [0.1, 0.15) is 58.3 Å². The summed E-state index contributed by atoms with van der Waals surface area (Å²) in [5, 5.41) is 13.0. The Hall–Kier alpha value is -0.770. The van der Waals surface area contributed by atoms with Gasteiger partial charge < -0.3 is 15.3 Å². The first-order valence-corrected chi connectivity index (χ1v) is 8.27. The van der Waals surface area contributed by atoms with Crippen LogP contribution in [0.5, 0.6) is 0 Å². The van der Waals surface area contributed by atoms with E-state index in [1.807, 2.05) is 7.05 Å². The second-order valence-corrected chi connectivity index (χ2v) is 6.78. The third-order valence-electron chi connectivity index (χ3n) is 5.18. The average molecular weight is 282 g/mol. The molecule has 4 heteroatoms. The van der Waals surface area contributed by atoms with Crippen LogP contribution in [0.25, 0.3) is 0 Å². The number of urea groups is 1. The van der Waals surface area contributed by atoms with Crippen LogP contribution >= 0.6 is 0 Å². The fraction of sp³-hybridized carbons (Fsp3) is 0.938. The number of aliphatic hydroxyl groups excluding tert-OH is 1. The molecule has 0 heterocycles. The first-order chi connectivity index (χ1) is 9.58. The summed E-state index contributed by atoms with van der Waals surface area (Å²) in [6.45, 7) is 2.80. The number of nitrogens with zero attached hydrogens (tertiary/aromatic N) is 1. The van der Waals surface area contributed by atoms with Crippen LogP contribution in [0, 0.1) is 11.8 Å². The van der Waals surface area contributed by atoms with Gasteiger partial charge in [0.15, 0.2) is 0 Å². The van der Waals surface area contributed by atoms with Crippen LogP contribution in [-0.4, -0.2) is 41.8 Å². The van der Waals surface area contributed by atoms with Gasteiger partial charge in [-0.1, -0.05) is 25.7 Å². The molecule has 0 aromatic carbocycles. The smallest absolute Gasteiger partial charge is 0.317 e. The lowest BCUT2D eigenvalue weighted by atomic mass is 9.84. The van der Waals surface area contributed by atoms with Crippen LogP contribution in [0.2, 0.25) is 0 Å². The molecule has 0 saturated heterocycles. The number of amides is 2. The highest BCUT2D eigenvalue weighted by atomic mass is 16.3. The Morgan fingerprint density at radius 2 is 1.90 bits per heavy atom. The zero-order chi connectivity index (χ0) is 14.5. The van der Waals surface area contributed by atoms with Crippen LogP contribution in [-0.2, 0) is 0 Å². The molecule has 0 aromatic rings. The van der Waals surface area contributed by atoms with Gasteiger partial charge in [0.25, 0.3) is 0 Å². The Kier molecular flexibility index (Phi) is 5.70. The van der Waals surface area contributed by atoms with Crippen LogP contribution in [0.3, 0.4) is 0 Å². The lowest BCUT2D eigenvalue weighted by molar-refractivity contribution is 0.112. The van der Waals surface area contributed by atoms with Gasteiger partial charge in [0.05, 0.1) is 6.10 Å². The van der Waals surface area contributed by atoms with Gasteiger partial charge in [-0.05, 0) is 38.5 Å². The van der Waals surface area contributed by atoms with Gasteiger partial charge in [0.2, 0.25) is 0 Å². The van der Waals surface area contributed by atoms with E-state index < -0.39 is 0 Å². The van der Waals surface area contributed by atoms with Gasteiger partial charge in [-0.25, -0.2) is 4.79 Å². The van der Waals surface area contributed by atoms with Gasteiger partial charge in [-0.2, -0.15) is 0 Å². The number of hydrogen-bond donors (Lipinski definition) is 2. The molecule has 0 aliphatic heterocycles. The summed E-state index contributed by atoms with van der Waals surface area (Å²) in [7, 11) is 1.84. The molecule has 2 rings (SSSR count). The second kappa shape index (κ2) is 7.30. The van der Waals surface area contributed by atoms with Gasteiger partial charge in [-0.15, -0.1) is 0 Å². The zero-order valence-electron chi connectivity index (χ0n) is 13.0. The highest BCUT2D eigenvalue weighted by Gasteiger charge is 2.28. The van der Waals surface area contributed by atoms with E-state index in [1.54, 1.807) is 4.90 Å². The molecule has 20 heavy (non-hydrogen) atoms. The van der Waals surface area contributed by atoms with Crippen molar-refractivity contribution in [2.75, 3.05) is 13.6 Å². The quantitative estimate of drug-likeness (QED) is 0.833. The van der Waals surface area contributed by atoms with Crippen molar-refractivity contribution < 1.29 is 9.90 Å². The number of hydrogen-bond acceptors (Lipinski definition) is 2. The van der Waals surface area contributed by atoms with Crippen molar-refractivity contribution in [3.8, 4) is 0 Å². The molecule has 3 unspecified atom stereocenters. The average Bonchev–Trinajstić information content (AvgIpc) is 2.85. The predicted molar refractivity (Wildman–Crippen MR) is 80.5 cm³/mol. The fourth-order valence-corrected chi connectivity index (χ4v) is 3.72. The largest absolute Gasteiger partial charge is 0.393 e. The van der Waals surface area contributed by atoms with E-state index >= 15 is 0 Å². The Morgan fingerprint density at radius 3 is 2.50 bits per heavy atom. The number of aliphatic hydroxyl groups is 1. The predicted octanol–water partition coefficient (Wildman–Crippen LogP) is 2.76. The maximum atomic E-state index is 12.2. The number of carbonyl (C=O) groups excluding carboxylic acids is 1.